The third kappa shape index (κ3) is 6.68. The van der Waals surface area contributed by atoms with Crippen LogP contribution >= 0.6 is 0 Å². The zero-order valence-electron chi connectivity index (χ0n) is 17.9. The van der Waals surface area contributed by atoms with E-state index in [2.05, 4.69) is 6.08 Å². The highest BCUT2D eigenvalue weighted by atomic mass is 19.4. The van der Waals surface area contributed by atoms with Gasteiger partial charge in [0, 0.05) is 5.56 Å². The molecule has 32 heavy (non-hydrogen) atoms. The summed E-state index contributed by atoms with van der Waals surface area (Å²) >= 11 is 0. The van der Waals surface area contributed by atoms with Crippen LogP contribution in [0.1, 0.15) is 47.1 Å². The Morgan fingerprint density at radius 1 is 0.844 bits per heavy atom. The molecule has 3 rings (SSSR count). The molecule has 0 radical (unpaired) electrons. The molecule has 0 nitrogen and oxygen atoms in total. The van der Waals surface area contributed by atoms with Crippen LogP contribution in [-0.4, -0.2) is 6.18 Å². The van der Waals surface area contributed by atoms with Gasteiger partial charge in [-0.2, -0.15) is 13.2 Å². The van der Waals surface area contributed by atoms with E-state index in [1.807, 2.05) is 37.3 Å². The van der Waals surface area contributed by atoms with Gasteiger partial charge in [-0.3, -0.25) is 0 Å². The minimum atomic E-state index is -4.41. The average molecular weight is 439 g/mol. The summed E-state index contributed by atoms with van der Waals surface area (Å²) in [5, 5.41) is 0. The molecule has 4 heteroatoms. The third-order valence-electron chi connectivity index (χ3n) is 5.37. The molecule has 0 aromatic heterocycles. The Kier molecular flexibility index (Phi) is 8.04. The molecule has 0 aliphatic heterocycles. The van der Waals surface area contributed by atoms with E-state index < -0.39 is 17.9 Å². The van der Waals surface area contributed by atoms with Crippen LogP contribution in [0.25, 0.3) is 12.2 Å². The molecule has 1 atom stereocenters. The Labute approximate surface area is 186 Å². The quantitative estimate of drug-likeness (QED) is 0.188. The van der Waals surface area contributed by atoms with Crippen LogP contribution in [-0.2, 0) is 12.8 Å². The lowest BCUT2D eigenvalue weighted by molar-refractivity contribution is -0.150. The molecule has 0 amide bonds. The monoisotopic (exact) mass is 438 g/mol. The average Bonchev–Trinajstić information content (AvgIpc) is 2.78. The second kappa shape index (κ2) is 10.9. The molecule has 0 aliphatic rings. The molecule has 0 N–H and O–H groups in total. The molecule has 0 fully saturated rings. The molecule has 0 spiro atoms. The molecule has 0 saturated heterocycles. The van der Waals surface area contributed by atoms with E-state index in [9.17, 15) is 17.6 Å². The van der Waals surface area contributed by atoms with Crippen molar-refractivity contribution in [1.29, 1.82) is 0 Å². The van der Waals surface area contributed by atoms with Crippen molar-refractivity contribution in [3.63, 3.8) is 0 Å². The van der Waals surface area contributed by atoms with Gasteiger partial charge in [-0.25, -0.2) is 4.39 Å². The zero-order valence-corrected chi connectivity index (χ0v) is 17.9. The summed E-state index contributed by atoms with van der Waals surface area (Å²) in [7, 11) is 0. The highest BCUT2D eigenvalue weighted by Crippen LogP contribution is 2.37. The first kappa shape index (κ1) is 23.5. The minimum absolute atomic E-state index is 0.179. The Balaban J connectivity index is 1.70. The van der Waals surface area contributed by atoms with Crippen molar-refractivity contribution in [3.8, 4) is 0 Å². The third-order valence-corrected chi connectivity index (χ3v) is 5.37. The SMILES string of the molecule is CC=CCCc1ccc(C=Cc2ccc(C[C@@H](c3ccccc3)C(F)(F)F)cc2F)cc1. The maximum atomic E-state index is 14.6. The summed E-state index contributed by atoms with van der Waals surface area (Å²) in [6, 6.07) is 20.1. The van der Waals surface area contributed by atoms with Crippen molar-refractivity contribution in [2.45, 2.75) is 38.3 Å². The molecule has 166 valence electrons. The van der Waals surface area contributed by atoms with Gasteiger partial charge in [0.2, 0.25) is 0 Å². The van der Waals surface area contributed by atoms with Crippen molar-refractivity contribution < 1.29 is 17.6 Å². The lowest BCUT2D eigenvalue weighted by atomic mass is 9.91. The fraction of sp³-hybridized carbons (Fsp3) is 0.214. The summed E-state index contributed by atoms with van der Waals surface area (Å²) in [5.74, 6) is -2.20. The first-order chi connectivity index (χ1) is 15.4. The number of alkyl halides is 3. The predicted octanol–water partition coefficient (Wildman–Crippen LogP) is 8.39. The largest absolute Gasteiger partial charge is 0.396 e. The van der Waals surface area contributed by atoms with Gasteiger partial charge >= 0.3 is 6.18 Å². The standard InChI is InChI=1S/C28H26F4/c1-2-3-5-8-21-11-13-22(14-12-21)15-17-25-18-16-23(20-27(25)29)19-26(28(30,31)32)24-9-6-4-7-10-24/h2-4,6-7,9-18,20,26H,5,8,19H2,1H3/t26-/m0/s1. The second-order valence-corrected chi connectivity index (χ2v) is 7.75. The first-order valence-electron chi connectivity index (χ1n) is 10.6. The van der Waals surface area contributed by atoms with Gasteiger partial charge in [-0.1, -0.05) is 91.0 Å². The molecule has 0 aliphatic carbocycles. The molecular formula is C28H26F4. The van der Waals surface area contributed by atoms with Crippen LogP contribution in [0.15, 0.2) is 84.9 Å². The van der Waals surface area contributed by atoms with Crippen molar-refractivity contribution in [2.75, 3.05) is 0 Å². The number of benzene rings is 3. The van der Waals surface area contributed by atoms with E-state index in [4.69, 9.17) is 0 Å². The summed E-state index contributed by atoms with van der Waals surface area (Å²) in [4.78, 5) is 0. The van der Waals surface area contributed by atoms with Gasteiger partial charge in [-0.15, -0.1) is 0 Å². The Bertz CT molecular complexity index is 1050. The zero-order chi connectivity index (χ0) is 23.0. The van der Waals surface area contributed by atoms with Gasteiger partial charge in [0.1, 0.15) is 5.82 Å². The minimum Gasteiger partial charge on any atom is -0.206 e. The van der Waals surface area contributed by atoms with E-state index in [1.165, 1.54) is 29.8 Å². The molecule has 0 unspecified atom stereocenters. The van der Waals surface area contributed by atoms with Gasteiger partial charge in [0.05, 0.1) is 5.92 Å². The van der Waals surface area contributed by atoms with Crippen LogP contribution in [0.5, 0.6) is 0 Å². The first-order valence-corrected chi connectivity index (χ1v) is 10.6. The van der Waals surface area contributed by atoms with Gasteiger partial charge in [0.25, 0.3) is 0 Å². The van der Waals surface area contributed by atoms with E-state index in [0.717, 1.165) is 18.4 Å². The van der Waals surface area contributed by atoms with Crippen LogP contribution in [0.3, 0.4) is 0 Å². The second-order valence-electron chi connectivity index (χ2n) is 7.75. The highest BCUT2D eigenvalue weighted by molar-refractivity contribution is 5.70. The smallest absolute Gasteiger partial charge is 0.206 e. The normalized spacial score (nSPS) is 13.2. The summed E-state index contributed by atoms with van der Waals surface area (Å²) in [6.07, 6.45) is 4.84. The van der Waals surface area contributed by atoms with Crippen molar-refractivity contribution in [1.82, 2.24) is 0 Å². The summed E-state index contributed by atoms with van der Waals surface area (Å²) < 4.78 is 55.4. The molecule has 0 saturated carbocycles. The maximum absolute atomic E-state index is 14.6. The maximum Gasteiger partial charge on any atom is 0.396 e. The fourth-order valence-electron chi connectivity index (χ4n) is 3.57. The Morgan fingerprint density at radius 2 is 1.53 bits per heavy atom. The molecule has 0 bridgehead atoms. The number of rotatable bonds is 8. The number of hydrogen-bond acceptors (Lipinski definition) is 0. The van der Waals surface area contributed by atoms with Crippen molar-refractivity contribution in [2.24, 2.45) is 0 Å². The van der Waals surface area contributed by atoms with E-state index >= 15 is 0 Å². The Hall–Kier alpha value is -3.14. The molecular weight excluding hydrogens is 412 g/mol. The number of aryl methyl sites for hydroxylation is 1. The van der Waals surface area contributed by atoms with Gasteiger partial charge in [-0.05, 0) is 54.5 Å². The lowest BCUT2D eigenvalue weighted by Crippen LogP contribution is -2.23. The van der Waals surface area contributed by atoms with E-state index in [-0.39, 0.29) is 12.0 Å². The number of hydrogen-bond donors (Lipinski definition) is 0. The van der Waals surface area contributed by atoms with E-state index in [0.29, 0.717) is 11.1 Å². The van der Waals surface area contributed by atoms with Gasteiger partial charge < -0.3 is 0 Å². The van der Waals surface area contributed by atoms with Crippen LogP contribution < -0.4 is 0 Å². The molecule has 0 heterocycles. The topological polar surface area (TPSA) is 0 Å². The van der Waals surface area contributed by atoms with Crippen LogP contribution in [0.2, 0.25) is 0 Å². The van der Waals surface area contributed by atoms with E-state index in [1.54, 1.807) is 36.4 Å². The Morgan fingerprint density at radius 3 is 2.16 bits per heavy atom. The molecule has 3 aromatic rings. The van der Waals surface area contributed by atoms with Crippen LogP contribution in [0.4, 0.5) is 17.6 Å². The highest BCUT2D eigenvalue weighted by Gasteiger charge is 2.40. The number of halogens is 4. The van der Waals surface area contributed by atoms with Crippen molar-refractivity contribution >= 4 is 12.2 Å². The summed E-state index contributed by atoms with van der Waals surface area (Å²) in [5.41, 5.74) is 3.00. The van der Waals surface area contributed by atoms with Crippen molar-refractivity contribution in [3.05, 3.63) is 119 Å². The molecule has 3 aromatic carbocycles. The van der Waals surface area contributed by atoms with Crippen LogP contribution in [0, 0.1) is 5.82 Å². The number of allylic oxidation sites excluding steroid dienone is 2. The summed E-state index contributed by atoms with van der Waals surface area (Å²) in [6.45, 7) is 2.00. The fourth-order valence-corrected chi connectivity index (χ4v) is 3.57. The predicted molar refractivity (Wildman–Crippen MR) is 124 cm³/mol. The van der Waals surface area contributed by atoms with Gasteiger partial charge in [0.15, 0.2) is 0 Å². The lowest BCUT2D eigenvalue weighted by Gasteiger charge is -2.21.